The van der Waals surface area contributed by atoms with Crippen molar-refractivity contribution in [1.29, 1.82) is 0 Å². The third-order valence-corrected chi connectivity index (χ3v) is 5.29. The average Bonchev–Trinajstić information content (AvgIpc) is 3.16. The molecule has 168 valence electrons. The molecule has 3 heterocycles. The Morgan fingerprint density at radius 1 is 1.14 bits per heavy atom. The molecule has 0 bridgehead atoms. The predicted octanol–water partition coefficient (Wildman–Crippen LogP) is 1.32. The number of methoxy groups -OCH3 is 1. The van der Waals surface area contributed by atoms with Crippen LogP contribution in [0.1, 0.15) is 31.0 Å². The first kappa shape index (κ1) is 27.9. The van der Waals surface area contributed by atoms with Crippen molar-refractivity contribution in [3.05, 3.63) is 18.2 Å². The van der Waals surface area contributed by atoms with Crippen LogP contribution in [0.4, 0.5) is 0 Å². The van der Waals surface area contributed by atoms with Gasteiger partial charge in [0.05, 0.1) is 25.7 Å². The third-order valence-electron chi connectivity index (χ3n) is 5.29. The zero-order valence-corrected chi connectivity index (χ0v) is 19.2. The fraction of sp³-hybridized carbons (Fsp3) is 0.722. The molecule has 0 unspecified atom stereocenters. The summed E-state index contributed by atoms with van der Waals surface area (Å²) in [6.07, 6.45) is 7.42. The van der Waals surface area contributed by atoms with Crippen molar-refractivity contribution < 1.29 is 14.3 Å². The highest BCUT2D eigenvalue weighted by Crippen LogP contribution is 2.19. The number of carbonyl (C=O) groups excluding carboxylic acids is 2. The SMILES string of the molecule is COC(=O)CN1CCN(C(=O)CCc2cn(C3CCNCC3)cn2)CC1.Cl.Cl.Cl. The zero-order valence-electron chi connectivity index (χ0n) is 16.7. The van der Waals surface area contributed by atoms with Crippen LogP contribution in [0.5, 0.6) is 0 Å². The van der Waals surface area contributed by atoms with E-state index in [0.717, 1.165) is 31.6 Å². The first-order chi connectivity index (χ1) is 12.7. The summed E-state index contributed by atoms with van der Waals surface area (Å²) in [7, 11) is 1.40. The minimum Gasteiger partial charge on any atom is -0.468 e. The number of nitrogens with zero attached hydrogens (tertiary/aromatic N) is 4. The number of nitrogens with one attached hydrogen (secondary N) is 1. The topological polar surface area (TPSA) is 79.7 Å². The molecule has 2 saturated heterocycles. The van der Waals surface area contributed by atoms with Gasteiger partial charge in [0.2, 0.25) is 5.91 Å². The van der Waals surface area contributed by atoms with Gasteiger partial charge in [-0.25, -0.2) is 4.98 Å². The third kappa shape index (κ3) is 8.30. The van der Waals surface area contributed by atoms with Gasteiger partial charge in [0.1, 0.15) is 0 Å². The van der Waals surface area contributed by atoms with Crippen LogP contribution in [-0.2, 0) is 20.7 Å². The van der Waals surface area contributed by atoms with E-state index >= 15 is 0 Å². The van der Waals surface area contributed by atoms with Gasteiger partial charge in [-0.2, -0.15) is 0 Å². The number of esters is 1. The van der Waals surface area contributed by atoms with Crippen molar-refractivity contribution in [2.75, 3.05) is 52.9 Å². The van der Waals surface area contributed by atoms with Crippen LogP contribution < -0.4 is 5.32 Å². The summed E-state index contributed by atoms with van der Waals surface area (Å²) in [5, 5.41) is 3.37. The number of aromatic nitrogens is 2. The molecule has 0 atom stereocenters. The van der Waals surface area contributed by atoms with Crippen molar-refractivity contribution in [3.63, 3.8) is 0 Å². The van der Waals surface area contributed by atoms with Gasteiger partial charge in [-0.15, -0.1) is 37.2 Å². The minimum absolute atomic E-state index is 0. The summed E-state index contributed by atoms with van der Waals surface area (Å²) in [6, 6.07) is 0.524. The Morgan fingerprint density at radius 2 is 1.79 bits per heavy atom. The lowest BCUT2D eigenvalue weighted by Crippen LogP contribution is -2.50. The molecule has 11 heteroatoms. The van der Waals surface area contributed by atoms with Crippen LogP contribution in [0.25, 0.3) is 0 Å². The van der Waals surface area contributed by atoms with Gasteiger partial charge in [0.15, 0.2) is 0 Å². The number of piperidine rings is 1. The van der Waals surface area contributed by atoms with E-state index in [1.807, 2.05) is 16.1 Å². The maximum Gasteiger partial charge on any atom is 0.319 e. The number of ether oxygens (including phenoxy) is 1. The zero-order chi connectivity index (χ0) is 18.4. The molecule has 0 spiro atoms. The number of piperazine rings is 1. The van der Waals surface area contributed by atoms with E-state index in [1.165, 1.54) is 7.11 Å². The van der Waals surface area contributed by atoms with Gasteiger partial charge in [-0.1, -0.05) is 0 Å². The fourth-order valence-electron chi connectivity index (χ4n) is 3.61. The summed E-state index contributed by atoms with van der Waals surface area (Å²) in [5.41, 5.74) is 0.987. The van der Waals surface area contributed by atoms with Crippen molar-refractivity contribution in [3.8, 4) is 0 Å². The largest absolute Gasteiger partial charge is 0.468 e. The lowest BCUT2D eigenvalue weighted by molar-refractivity contribution is -0.142. The van der Waals surface area contributed by atoms with Gasteiger partial charge in [0.25, 0.3) is 0 Å². The van der Waals surface area contributed by atoms with Crippen LogP contribution in [0.3, 0.4) is 0 Å². The Morgan fingerprint density at radius 3 is 2.41 bits per heavy atom. The van der Waals surface area contributed by atoms with E-state index in [0.29, 0.717) is 51.6 Å². The number of hydrogen-bond donors (Lipinski definition) is 1. The Balaban J connectivity index is 0.00000261. The maximum absolute atomic E-state index is 12.4. The van der Waals surface area contributed by atoms with Crippen LogP contribution in [0, 0.1) is 0 Å². The monoisotopic (exact) mass is 471 g/mol. The van der Waals surface area contributed by atoms with E-state index in [9.17, 15) is 9.59 Å². The second-order valence-electron chi connectivity index (χ2n) is 7.03. The van der Waals surface area contributed by atoms with Crippen LogP contribution in [0.15, 0.2) is 12.5 Å². The molecule has 1 aromatic rings. The van der Waals surface area contributed by atoms with E-state index in [2.05, 4.69) is 25.8 Å². The van der Waals surface area contributed by atoms with Crippen molar-refractivity contribution in [2.24, 2.45) is 0 Å². The van der Waals surface area contributed by atoms with Crippen LogP contribution >= 0.6 is 37.2 Å². The van der Waals surface area contributed by atoms with Gasteiger partial charge in [0, 0.05) is 44.8 Å². The minimum atomic E-state index is -0.228. The summed E-state index contributed by atoms with van der Waals surface area (Å²) in [4.78, 5) is 32.1. The molecule has 0 saturated carbocycles. The van der Waals surface area contributed by atoms with Crippen LogP contribution in [-0.4, -0.2) is 84.2 Å². The summed E-state index contributed by atoms with van der Waals surface area (Å²) in [6.45, 7) is 5.17. The number of halogens is 3. The number of hydrogen-bond acceptors (Lipinski definition) is 6. The van der Waals surface area contributed by atoms with Gasteiger partial charge in [-0.05, 0) is 32.4 Å². The Bertz CT molecular complexity index is 618. The molecule has 1 N–H and O–H groups in total. The van der Waals surface area contributed by atoms with E-state index in [4.69, 9.17) is 0 Å². The van der Waals surface area contributed by atoms with Crippen LogP contribution in [0.2, 0.25) is 0 Å². The van der Waals surface area contributed by atoms with Crippen molar-refractivity contribution >= 4 is 49.1 Å². The number of carbonyl (C=O) groups is 2. The molecule has 3 rings (SSSR count). The molecule has 1 aromatic heterocycles. The molecule has 8 nitrogen and oxygen atoms in total. The highest BCUT2D eigenvalue weighted by Gasteiger charge is 2.22. The van der Waals surface area contributed by atoms with E-state index in [-0.39, 0.29) is 49.1 Å². The van der Waals surface area contributed by atoms with Crippen molar-refractivity contribution in [1.82, 2.24) is 24.7 Å². The average molecular weight is 473 g/mol. The molecule has 2 aliphatic rings. The molecular weight excluding hydrogens is 441 g/mol. The lowest BCUT2D eigenvalue weighted by atomic mass is 10.1. The Kier molecular flexibility index (Phi) is 13.5. The van der Waals surface area contributed by atoms with E-state index in [1.54, 1.807) is 0 Å². The van der Waals surface area contributed by atoms with Gasteiger partial charge in [-0.3, -0.25) is 14.5 Å². The van der Waals surface area contributed by atoms with Gasteiger partial charge >= 0.3 is 5.97 Å². The smallest absolute Gasteiger partial charge is 0.319 e. The standard InChI is InChI=1S/C18H29N5O3.3ClH/c1-26-18(25)13-21-8-10-22(11-9-21)17(24)3-2-15-12-23(14-20-15)16-4-6-19-7-5-16;;;/h12,14,16,19H,2-11,13H2,1H3;3*1H. The highest BCUT2D eigenvalue weighted by molar-refractivity contribution is 5.86. The quantitative estimate of drug-likeness (QED) is 0.629. The lowest BCUT2D eigenvalue weighted by Gasteiger charge is -2.34. The maximum atomic E-state index is 12.4. The number of rotatable bonds is 6. The summed E-state index contributed by atoms with van der Waals surface area (Å²) in [5.74, 6) is -0.0618. The molecule has 1 amide bonds. The predicted molar refractivity (Wildman–Crippen MR) is 118 cm³/mol. The molecule has 29 heavy (non-hydrogen) atoms. The van der Waals surface area contributed by atoms with E-state index < -0.39 is 0 Å². The number of imidazole rings is 1. The number of amides is 1. The first-order valence-corrected chi connectivity index (χ1v) is 9.45. The second-order valence-corrected chi connectivity index (χ2v) is 7.03. The van der Waals surface area contributed by atoms with Crippen molar-refractivity contribution in [2.45, 2.75) is 31.7 Å². The molecule has 0 radical (unpaired) electrons. The Labute approximate surface area is 190 Å². The molecular formula is C18H32Cl3N5O3. The molecule has 0 aromatic carbocycles. The number of aryl methyl sites for hydroxylation is 1. The molecule has 0 aliphatic carbocycles. The summed E-state index contributed by atoms with van der Waals surface area (Å²) >= 11 is 0. The fourth-order valence-corrected chi connectivity index (χ4v) is 3.61. The van der Waals surface area contributed by atoms with Gasteiger partial charge < -0.3 is 19.5 Å². The normalized spacial score (nSPS) is 17.5. The highest BCUT2D eigenvalue weighted by atomic mass is 35.5. The molecule has 2 fully saturated rings. The molecule has 2 aliphatic heterocycles. The summed E-state index contributed by atoms with van der Waals surface area (Å²) < 4.78 is 6.89. The Hall–Kier alpha value is -1.06. The first-order valence-electron chi connectivity index (χ1n) is 9.45. The second kappa shape index (κ2) is 14.0.